The highest BCUT2D eigenvalue weighted by molar-refractivity contribution is 7.80. The SMILES string of the molecule is O=C(C=Cc1ccc(-c2ccc(Cl)cc2Cl)o1)NC(=S)Nc1ccc(N2CCN(Cc3ccccc3Cl)CC2)c(Cl)c1. The number of carbonyl (C=O) groups excluding carboxylic acids is 1. The van der Waals surface area contributed by atoms with Crippen LogP contribution >= 0.6 is 58.6 Å². The molecule has 2 heterocycles. The molecule has 1 aliphatic heterocycles. The summed E-state index contributed by atoms with van der Waals surface area (Å²) in [5.41, 5.74) is 3.46. The Bertz CT molecular complexity index is 1630. The number of carbonyl (C=O) groups is 1. The minimum absolute atomic E-state index is 0.148. The molecular weight excluding hydrogens is 634 g/mol. The van der Waals surface area contributed by atoms with E-state index in [0.717, 1.165) is 49.0 Å². The quantitative estimate of drug-likeness (QED) is 0.153. The molecule has 42 heavy (non-hydrogen) atoms. The zero-order chi connectivity index (χ0) is 29.6. The molecular formula is C31H26Cl4N4O2S. The van der Waals surface area contributed by atoms with Crippen LogP contribution in [-0.4, -0.2) is 42.1 Å². The number of benzene rings is 3. The fourth-order valence-electron chi connectivity index (χ4n) is 4.61. The van der Waals surface area contributed by atoms with Crippen molar-refractivity contribution < 1.29 is 9.21 Å². The Kier molecular flexibility index (Phi) is 10.1. The Hall–Kier alpha value is -3.04. The zero-order valence-corrected chi connectivity index (χ0v) is 26.1. The maximum Gasteiger partial charge on any atom is 0.250 e. The Labute approximate surface area is 269 Å². The van der Waals surface area contributed by atoms with Gasteiger partial charge in [0.25, 0.3) is 0 Å². The van der Waals surface area contributed by atoms with E-state index in [4.69, 9.17) is 63.0 Å². The van der Waals surface area contributed by atoms with Gasteiger partial charge in [-0.2, -0.15) is 0 Å². The number of halogens is 4. The van der Waals surface area contributed by atoms with Crippen LogP contribution < -0.4 is 15.5 Å². The van der Waals surface area contributed by atoms with Gasteiger partial charge in [-0.3, -0.25) is 15.0 Å². The standard InChI is InChI=1S/C31H26Cl4N4O2S/c32-21-5-9-24(26(34)17-21)29-11-7-23(41-29)8-12-30(40)37-31(42)36-22-6-10-28(27(35)18-22)39-15-13-38(14-16-39)19-20-3-1-2-4-25(20)33/h1-12,17-18H,13-16,19H2,(H2,36,37,40,42). The topological polar surface area (TPSA) is 60.8 Å². The smallest absolute Gasteiger partial charge is 0.250 e. The molecule has 0 atom stereocenters. The Morgan fingerprint density at radius 1 is 0.881 bits per heavy atom. The lowest BCUT2D eigenvalue weighted by molar-refractivity contribution is -0.115. The number of rotatable bonds is 7. The van der Waals surface area contributed by atoms with E-state index < -0.39 is 5.91 Å². The summed E-state index contributed by atoms with van der Waals surface area (Å²) in [6, 6.07) is 22.2. The third-order valence-corrected chi connectivity index (χ3v) is 8.15. The van der Waals surface area contributed by atoms with Gasteiger partial charge in [-0.05, 0) is 78.5 Å². The van der Waals surface area contributed by atoms with Crippen molar-refractivity contribution in [3.8, 4) is 11.3 Å². The molecule has 1 aromatic heterocycles. The lowest BCUT2D eigenvalue weighted by Gasteiger charge is -2.36. The van der Waals surface area contributed by atoms with Gasteiger partial charge < -0.3 is 14.6 Å². The predicted octanol–water partition coefficient (Wildman–Crippen LogP) is 8.41. The molecule has 0 bridgehead atoms. The summed E-state index contributed by atoms with van der Waals surface area (Å²) in [7, 11) is 0. The third kappa shape index (κ3) is 7.86. The van der Waals surface area contributed by atoms with Gasteiger partial charge in [0.2, 0.25) is 5.91 Å². The molecule has 1 amide bonds. The number of hydrogen-bond donors (Lipinski definition) is 2. The molecule has 1 saturated heterocycles. The van der Waals surface area contributed by atoms with Crippen LogP contribution in [0.25, 0.3) is 17.4 Å². The van der Waals surface area contributed by atoms with E-state index >= 15 is 0 Å². The van der Waals surface area contributed by atoms with Gasteiger partial charge >= 0.3 is 0 Å². The van der Waals surface area contributed by atoms with E-state index in [0.29, 0.717) is 37.8 Å². The predicted molar refractivity (Wildman–Crippen MR) is 178 cm³/mol. The van der Waals surface area contributed by atoms with Crippen LogP contribution in [0.1, 0.15) is 11.3 Å². The largest absolute Gasteiger partial charge is 0.457 e. The van der Waals surface area contributed by atoms with Gasteiger partial charge in [-0.25, -0.2) is 0 Å². The second-order valence-corrected chi connectivity index (χ2v) is 11.7. The summed E-state index contributed by atoms with van der Waals surface area (Å²) in [6.45, 7) is 4.32. The number of nitrogens with zero attached hydrogens (tertiary/aromatic N) is 2. The molecule has 5 rings (SSSR count). The normalized spacial score (nSPS) is 13.9. The summed E-state index contributed by atoms with van der Waals surface area (Å²) >= 11 is 30.5. The molecule has 2 N–H and O–H groups in total. The van der Waals surface area contributed by atoms with E-state index in [-0.39, 0.29) is 5.11 Å². The molecule has 11 heteroatoms. The number of furan rings is 1. The molecule has 6 nitrogen and oxygen atoms in total. The molecule has 4 aromatic rings. The molecule has 0 aliphatic carbocycles. The van der Waals surface area contributed by atoms with E-state index in [9.17, 15) is 4.79 Å². The minimum atomic E-state index is -0.410. The highest BCUT2D eigenvalue weighted by atomic mass is 35.5. The second-order valence-electron chi connectivity index (χ2n) is 9.62. The fourth-order valence-corrected chi connectivity index (χ4v) is 5.82. The number of nitrogens with one attached hydrogen (secondary N) is 2. The molecule has 3 aromatic carbocycles. The van der Waals surface area contributed by atoms with Gasteiger partial charge in [0, 0.05) is 60.1 Å². The molecule has 1 fully saturated rings. The van der Waals surface area contributed by atoms with Crippen LogP contribution in [0.4, 0.5) is 11.4 Å². The Morgan fingerprint density at radius 2 is 1.67 bits per heavy atom. The van der Waals surface area contributed by atoms with Crippen LogP contribution in [-0.2, 0) is 11.3 Å². The monoisotopic (exact) mass is 658 g/mol. The zero-order valence-electron chi connectivity index (χ0n) is 22.2. The van der Waals surface area contributed by atoms with E-state index in [2.05, 4.69) is 26.5 Å². The van der Waals surface area contributed by atoms with Crippen LogP contribution in [0.5, 0.6) is 0 Å². The highest BCUT2D eigenvalue weighted by Crippen LogP contribution is 2.32. The Balaban J connectivity index is 1.11. The van der Waals surface area contributed by atoms with E-state index in [1.54, 1.807) is 42.5 Å². The maximum absolute atomic E-state index is 12.4. The Morgan fingerprint density at radius 3 is 2.40 bits per heavy atom. The summed E-state index contributed by atoms with van der Waals surface area (Å²) in [6.07, 6.45) is 2.88. The van der Waals surface area contributed by atoms with Gasteiger partial charge in [0.05, 0.1) is 15.7 Å². The number of amides is 1. The number of piperazine rings is 1. The first-order valence-corrected chi connectivity index (χ1v) is 15.0. The number of hydrogen-bond acceptors (Lipinski definition) is 5. The van der Waals surface area contributed by atoms with Crippen molar-refractivity contribution in [1.29, 1.82) is 0 Å². The minimum Gasteiger partial charge on any atom is -0.457 e. The maximum atomic E-state index is 12.4. The van der Waals surface area contributed by atoms with Crippen molar-refractivity contribution in [2.45, 2.75) is 6.54 Å². The second kappa shape index (κ2) is 14.0. The average molecular weight is 660 g/mol. The molecule has 1 aliphatic rings. The molecule has 0 radical (unpaired) electrons. The van der Waals surface area contributed by atoms with Crippen molar-refractivity contribution in [1.82, 2.24) is 10.2 Å². The lowest BCUT2D eigenvalue weighted by atomic mass is 10.2. The highest BCUT2D eigenvalue weighted by Gasteiger charge is 2.20. The summed E-state index contributed by atoms with van der Waals surface area (Å²) in [4.78, 5) is 17.1. The molecule has 0 unspecified atom stereocenters. The van der Waals surface area contributed by atoms with Crippen LogP contribution in [0.15, 0.2) is 83.3 Å². The number of anilines is 2. The first-order chi connectivity index (χ1) is 20.2. The lowest BCUT2D eigenvalue weighted by Crippen LogP contribution is -2.46. The van der Waals surface area contributed by atoms with Crippen molar-refractivity contribution in [3.63, 3.8) is 0 Å². The molecule has 0 spiro atoms. The van der Waals surface area contributed by atoms with Crippen molar-refractivity contribution in [3.05, 3.63) is 110 Å². The first kappa shape index (κ1) is 30.4. The first-order valence-electron chi connectivity index (χ1n) is 13.1. The summed E-state index contributed by atoms with van der Waals surface area (Å²) in [5, 5.41) is 8.19. The fraction of sp³-hybridized carbons (Fsp3) is 0.161. The van der Waals surface area contributed by atoms with Crippen molar-refractivity contribution >= 4 is 87.1 Å². The van der Waals surface area contributed by atoms with E-state index in [1.165, 1.54) is 6.08 Å². The van der Waals surface area contributed by atoms with Crippen LogP contribution in [0.2, 0.25) is 20.1 Å². The molecule has 0 saturated carbocycles. The van der Waals surface area contributed by atoms with E-state index in [1.807, 2.05) is 30.3 Å². The van der Waals surface area contributed by atoms with Gasteiger partial charge in [-0.15, -0.1) is 0 Å². The summed E-state index contributed by atoms with van der Waals surface area (Å²) < 4.78 is 5.78. The van der Waals surface area contributed by atoms with Crippen molar-refractivity contribution in [2.24, 2.45) is 0 Å². The average Bonchev–Trinajstić information content (AvgIpc) is 3.42. The summed E-state index contributed by atoms with van der Waals surface area (Å²) in [5.74, 6) is 0.637. The van der Waals surface area contributed by atoms with Crippen LogP contribution in [0, 0.1) is 0 Å². The number of thiocarbonyl (C=S) groups is 1. The third-order valence-electron chi connectivity index (χ3n) is 6.73. The van der Waals surface area contributed by atoms with Gasteiger partial charge in [-0.1, -0.05) is 64.6 Å². The van der Waals surface area contributed by atoms with Gasteiger partial charge in [0.15, 0.2) is 5.11 Å². The van der Waals surface area contributed by atoms with Gasteiger partial charge in [0.1, 0.15) is 11.5 Å². The van der Waals surface area contributed by atoms with Crippen LogP contribution in [0.3, 0.4) is 0 Å². The molecule has 216 valence electrons. The van der Waals surface area contributed by atoms with Crippen molar-refractivity contribution in [2.75, 3.05) is 36.4 Å².